The first kappa shape index (κ1) is 13.4. The number of likely N-dealkylation sites (N-methyl/N-ethyl adjacent to an activating group) is 1. The number of piperazine rings is 1. The molecular weight excluding hydrogens is 222 g/mol. The van der Waals surface area contributed by atoms with Crippen molar-refractivity contribution in [2.75, 3.05) is 31.6 Å². The van der Waals surface area contributed by atoms with E-state index in [0.29, 0.717) is 6.04 Å². The monoisotopic (exact) mass is 247 g/mol. The predicted molar refractivity (Wildman–Crippen MR) is 78.1 cm³/mol. The molecule has 3 nitrogen and oxygen atoms in total. The van der Waals surface area contributed by atoms with Crippen molar-refractivity contribution in [2.45, 2.75) is 32.4 Å². The van der Waals surface area contributed by atoms with Crippen LogP contribution in [-0.4, -0.2) is 43.7 Å². The first-order valence-electron chi connectivity index (χ1n) is 6.86. The van der Waals surface area contributed by atoms with E-state index in [2.05, 4.69) is 55.0 Å². The summed E-state index contributed by atoms with van der Waals surface area (Å²) in [6.45, 7) is 7.75. The van der Waals surface area contributed by atoms with Crippen LogP contribution >= 0.6 is 0 Å². The Bertz CT molecular complexity index is 389. The van der Waals surface area contributed by atoms with Gasteiger partial charge in [-0.1, -0.05) is 18.2 Å². The molecule has 18 heavy (non-hydrogen) atoms. The molecule has 3 heteroatoms. The molecule has 0 spiro atoms. The molecule has 2 rings (SSSR count). The molecule has 100 valence electrons. The van der Waals surface area contributed by atoms with E-state index in [4.69, 9.17) is 5.73 Å². The summed E-state index contributed by atoms with van der Waals surface area (Å²) in [5.41, 5.74) is 8.70. The van der Waals surface area contributed by atoms with Crippen molar-refractivity contribution in [1.29, 1.82) is 0 Å². The van der Waals surface area contributed by atoms with E-state index in [1.165, 1.54) is 11.3 Å². The summed E-state index contributed by atoms with van der Waals surface area (Å²) in [4.78, 5) is 4.92. The van der Waals surface area contributed by atoms with Gasteiger partial charge >= 0.3 is 0 Å². The maximum Gasteiger partial charge on any atom is 0.0402 e. The van der Waals surface area contributed by atoms with Crippen LogP contribution in [-0.2, 0) is 6.42 Å². The van der Waals surface area contributed by atoms with Crippen molar-refractivity contribution < 1.29 is 0 Å². The molecule has 1 aliphatic heterocycles. The van der Waals surface area contributed by atoms with Crippen molar-refractivity contribution in [3.05, 3.63) is 29.8 Å². The Hall–Kier alpha value is -1.06. The number of hydrogen-bond donors (Lipinski definition) is 1. The molecule has 0 amide bonds. The Balaban J connectivity index is 2.21. The van der Waals surface area contributed by atoms with Crippen LogP contribution < -0.4 is 10.6 Å². The highest BCUT2D eigenvalue weighted by Crippen LogP contribution is 2.25. The third-order valence-electron chi connectivity index (χ3n) is 3.67. The summed E-state index contributed by atoms with van der Waals surface area (Å²) in [5, 5.41) is 0. The zero-order valence-electron chi connectivity index (χ0n) is 11.8. The lowest BCUT2D eigenvalue weighted by atomic mass is 10.0. The molecular formula is C15H25N3. The van der Waals surface area contributed by atoms with E-state index in [9.17, 15) is 0 Å². The van der Waals surface area contributed by atoms with Crippen LogP contribution in [0.2, 0.25) is 0 Å². The van der Waals surface area contributed by atoms with Gasteiger partial charge in [0.1, 0.15) is 0 Å². The van der Waals surface area contributed by atoms with Crippen LogP contribution in [0.25, 0.3) is 0 Å². The highest BCUT2D eigenvalue weighted by atomic mass is 15.3. The summed E-state index contributed by atoms with van der Waals surface area (Å²) in [5.74, 6) is 0. The van der Waals surface area contributed by atoms with Gasteiger partial charge in [-0.15, -0.1) is 0 Å². The molecule has 1 aromatic carbocycles. The fourth-order valence-corrected chi connectivity index (χ4v) is 2.81. The summed E-state index contributed by atoms with van der Waals surface area (Å²) >= 11 is 0. The molecule has 2 N–H and O–H groups in total. The number of benzene rings is 1. The molecule has 0 saturated carbocycles. The van der Waals surface area contributed by atoms with Crippen LogP contribution in [0.15, 0.2) is 24.3 Å². The Morgan fingerprint density at radius 1 is 1.33 bits per heavy atom. The molecule has 2 unspecified atom stereocenters. The van der Waals surface area contributed by atoms with E-state index in [-0.39, 0.29) is 6.04 Å². The fourth-order valence-electron chi connectivity index (χ4n) is 2.81. The summed E-state index contributed by atoms with van der Waals surface area (Å²) in [6, 6.07) is 9.47. The maximum atomic E-state index is 5.95. The SMILES string of the molecule is CC(N)Cc1ccccc1N1CCN(C)CC1C. The van der Waals surface area contributed by atoms with E-state index >= 15 is 0 Å². The smallest absolute Gasteiger partial charge is 0.0402 e. The Labute approximate surface area is 111 Å². The molecule has 1 aromatic rings. The van der Waals surface area contributed by atoms with Gasteiger partial charge in [0.2, 0.25) is 0 Å². The first-order chi connectivity index (χ1) is 8.58. The summed E-state index contributed by atoms with van der Waals surface area (Å²) in [7, 11) is 2.20. The molecule has 1 saturated heterocycles. The largest absolute Gasteiger partial charge is 0.366 e. The lowest BCUT2D eigenvalue weighted by Gasteiger charge is -2.40. The van der Waals surface area contributed by atoms with Gasteiger partial charge in [-0.2, -0.15) is 0 Å². The minimum atomic E-state index is 0.217. The lowest BCUT2D eigenvalue weighted by molar-refractivity contribution is 0.275. The van der Waals surface area contributed by atoms with Crippen LogP contribution in [0.5, 0.6) is 0 Å². The molecule has 1 fully saturated rings. The van der Waals surface area contributed by atoms with Gasteiger partial charge in [-0.25, -0.2) is 0 Å². The molecule has 0 bridgehead atoms. The normalized spacial score (nSPS) is 23.1. The number of nitrogens with zero attached hydrogens (tertiary/aromatic N) is 2. The van der Waals surface area contributed by atoms with E-state index in [0.717, 1.165) is 26.1 Å². The van der Waals surface area contributed by atoms with Gasteiger partial charge in [0, 0.05) is 37.4 Å². The third-order valence-corrected chi connectivity index (χ3v) is 3.67. The molecule has 0 radical (unpaired) electrons. The Kier molecular flexibility index (Phi) is 4.25. The zero-order chi connectivity index (χ0) is 13.1. The number of para-hydroxylation sites is 1. The molecule has 1 aliphatic rings. The van der Waals surface area contributed by atoms with Crippen LogP contribution in [0.3, 0.4) is 0 Å². The zero-order valence-corrected chi connectivity index (χ0v) is 11.8. The number of anilines is 1. The van der Waals surface area contributed by atoms with E-state index in [1.807, 2.05) is 0 Å². The second kappa shape index (κ2) is 5.72. The molecule has 0 aromatic heterocycles. The average Bonchev–Trinajstić information content (AvgIpc) is 2.30. The minimum Gasteiger partial charge on any atom is -0.366 e. The van der Waals surface area contributed by atoms with Crippen LogP contribution in [0.1, 0.15) is 19.4 Å². The van der Waals surface area contributed by atoms with Gasteiger partial charge in [0.15, 0.2) is 0 Å². The molecule has 1 heterocycles. The highest BCUT2D eigenvalue weighted by molar-refractivity contribution is 5.55. The average molecular weight is 247 g/mol. The van der Waals surface area contributed by atoms with Gasteiger partial charge < -0.3 is 15.5 Å². The highest BCUT2D eigenvalue weighted by Gasteiger charge is 2.23. The minimum absolute atomic E-state index is 0.217. The van der Waals surface area contributed by atoms with Gasteiger partial charge in [0.05, 0.1) is 0 Å². The van der Waals surface area contributed by atoms with Crippen LogP contribution in [0.4, 0.5) is 5.69 Å². The number of nitrogens with two attached hydrogens (primary N) is 1. The maximum absolute atomic E-state index is 5.95. The van der Waals surface area contributed by atoms with Crippen molar-refractivity contribution in [3.8, 4) is 0 Å². The van der Waals surface area contributed by atoms with Crippen molar-refractivity contribution in [3.63, 3.8) is 0 Å². The quantitative estimate of drug-likeness (QED) is 0.882. The molecule has 0 aliphatic carbocycles. The van der Waals surface area contributed by atoms with E-state index < -0.39 is 0 Å². The van der Waals surface area contributed by atoms with Crippen molar-refractivity contribution in [2.24, 2.45) is 5.73 Å². The number of hydrogen-bond acceptors (Lipinski definition) is 3. The second-order valence-electron chi connectivity index (χ2n) is 5.61. The first-order valence-corrected chi connectivity index (χ1v) is 6.86. The lowest BCUT2D eigenvalue weighted by Crippen LogP contribution is -2.50. The topological polar surface area (TPSA) is 32.5 Å². The Morgan fingerprint density at radius 2 is 2.06 bits per heavy atom. The Morgan fingerprint density at radius 3 is 2.72 bits per heavy atom. The third kappa shape index (κ3) is 3.03. The van der Waals surface area contributed by atoms with Gasteiger partial charge in [-0.3, -0.25) is 0 Å². The van der Waals surface area contributed by atoms with Gasteiger partial charge in [-0.05, 0) is 38.9 Å². The summed E-state index contributed by atoms with van der Waals surface area (Å²) in [6.07, 6.45) is 0.954. The van der Waals surface area contributed by atoms with Crippen molar-refractivity contribution in [1.82, 2.24) is 4.90 Å². The fraction of sp³-hybridized carbons (Fsp3) is 0.600. The van der Waals surface area contributed by atoms with Crippen LogP contribution in [0, 0.1) is 0 Å². The second-order valence-corrected chi connectivity index (χ2v) is 5.61. The van der Waals surface area contributed by atoms with Gasteiger partial charge in [0.25, 0.3) is 0 Å². The van der Waals surface area contributed by atoms with Crippen molar-refractivity contribution >= 4 is 5.69 Å². The van der Waals surface area contributed by atoms with E-state index in [1.54, 1.807) is 0 Å². The summed E-state index contributed by atoms with van der Waals surface area (Å²) < 4.78 is 0. The standard InChI is InChI=1S/C15H25N3/c1-12(16)10-14-6-4-5-7-15(14)18-9-8-17(3)11-13(18)2/h4-7,12-13H,8-11,16H2,1-3H3. The molecule has 2 atom stereocenters. The predicted octanol–water partition coefficient (Wildman–Crippen LogP) is 1.72. The number of rotatable bonds is 3.